The third-order valence-electron chi connectivity index (χ3n) is 7.23. The number of hydrogen-bond donors (Lipinski definition) is 1. The van der Waals surface area contributed by atoms with E-state index in [0.717, 1.165) is 89.9 Å². The molecule has 0 saturated heterocycles. The molecule has 0 aliphatic carbocycles. The second-order valence-electron chi connectivity index (χ2n) is 11.3. The average molecular weight is 585 g/mol. The average Bonchev–Trinajstić information content (AvgIpc) is 2.97. The number of allylic oxidation sites excluding steroid dienone is 10. The van der Waals surface area contributed by atoms with Gasteiger partial charge in [0.25, 0.3) is 0 Å². The van der Waals surface area contributed by atoms with Crippen molar-refractivity contribution in [3.63, 3.8) is 0 Å². The van der Waals surface area contributed by atoms with E-state index in [9.17, 15) is 9.59 Å². The zero-order valence-corrected chi connectivity index (χ0v) is 27.3. The minimum Gasteiger partial charge on any atom is -0.481 e. The molecule has 0 spiro atoms. The van der Waals surface area contributed by atoms with Crippen molar-refractivity contribution in [3.8, 4) is 0 Å². The van der Waals surface area contributed by atoms with Gasteiger partial charge in [-0.05, 0) is 70.6 Å². The van der Waals surface area contributed by atoms with E-state index < -0.39 is 5.97 Å². The Labute approximate surface area is 259 Å². The molecule has 4 heteroatoms. The molecule has 1 atom stereocenters. The first-order chi connectivity index (χ1) is 20.6. The molecule has 0 heterocycles. The molecule has 0 bridgehead atoms. The van der Waals surface area contributed by atoms with Crippen LogP contribution in [0.5, 0.6) is 0 Å². The Hall–Kier alpha value is -2.36. The smallest absolute Gasteiger partial charge is 0.306 e. The highest BCUT2D eigenvalue weighted by Crippen LogP contribution is 2.16. The molecule has 42 heavy (non-hydrogen) atoms. The Morgan fingerprint density at radius 2 is 1.00 bits per heavy atom. The van der Waals surface area contributed by atoms with Crippen molar-refractivity contribution in [2.24, 2.45) is 0 Å². The molecule has 1 N–H and O–H groups in total. The summed E-state index contributed by atoms with van der Waals surface area (Å²) in [6, 6.07) is 0. The van der Waals surface area contributed by atoms with Crippen molar-refractivity contribution in [2.75, 3.05) is 0 Å². The normalized spacial score (nSPS) is 13.0. The molecule has 0 aromatic rings. The fraction of sp³-hybridized carbons (Fsp3) is 0.684. The summed E-state index contributed by atoms with van der Waals surface area (Å²) in [7, 11) is 0. The van der Waals surface area contributed by atoms with Crippen LogP contribution < -0.4 is 0 Å². The van der Waals surface area contributed by atoms with Crippen LogP contribution in [-0.2, 0) is 14.3 Å². The van der Waals surface area contributed by atoms with Crippen LogP contribution in [0.1, 0.15) is 162 Å². The second-order valence-corrected chi connectivity index (χ2v) is 11.3. The molecule has 0 fully saturated rings. The molecule has 1 unspecified atom stereocenters. The Balaban J connectivity index is 3.72. The Morgan fingerprint density at radius 1 is 0.548 bits per heavy atom. The van der Waals surface area contributed by atoms with Gasteiger partial charge in [-0.2, -0.15) is 0 Å². The van der Waals surface area contributed by atoms with E-state index >= 15 is 0 Å². The number of carboxylic acids is 1. The van der Waals surface area contributed by atoms with Crippen LogP contribution in [0.25, 0.3) is 0 Å². The predicted molar refractivity (Wildman–Crippen MR) is 181 cm³/mol. The summed E-state index contributed by atoms with van der Waals surface area (Å²) >= 11 is 0. The molecule has 0 amide bonds. The molecule has 0 aromatic heterocycles. The lowest BCUT2D eigenvalue weighted by Gasteiger charge is -2.17. The van der Waals surface area contributed by atoms with Gasteiger partial charge in [0.05, 0.1) is 0 Å². The largest absolute Gasteiger partial charge is 0.481 e. The summed E-state index contributed by atoms with van der Waals surface area (Å²) in [4.78, 5) is 22.8. The van der Waals surface area contributed by atoms with Crippen molar-refractivity contribution in [1.29, 1.82) is 0 Å². The Kier molecular flexibility index (Phi) is 31.3. The van der Waals surface area contributed by atoms with Crippen LogP contribution in [0.2, 0.25) is 0 Å². The van der Waals surface area contributed by atoms with Gasteiger partial charge in [-0.3, -0.25) is 9.59 Å². The second kappa shape index (κ2) is 33.1. The molecule has 0 aliphatic rings. The van der Waals surface area contributed by atoms with Gasteiger partial charge in [-0.15, -0.1) is 0 Å². The van der Waals surface area contributed by atoms with E-state index in [1.807, 2.05) is 0 Å². The summed E-state index contributed by atoms with van der Waals surface area (Å²) in [5, 5.41) is 8.65. The first kappa shape index (κ1) is 39.6. The predicted octanol–water partition coefficient (Wildman–Crippen LogP) is 11.8. The number of unbranched alkanes of at least 4 members (excludes halogenated alkanes) is 11. The highest BCUT2D eigenvalue weighted by atomic mass is 16.5. The maximum atomic E-state index is 12.3. The topological polar surface area (TPSA) is 63.6 Å². The molecular formula is C38H64O4. The maximum absolute atomic E-state index is 12.3. The van der Waals surface area contributed by atoms with Crippen molar-refractivity contribution in [3.05, 3.63) is 60.8 Å². The van der Waals surface area contributed by atoms with Gasteiger partial charge in [-0.25, -0.2) is 0 Å². The summed E-state index contributed by atoms with van der Waals surface area (Å²) < 4.78 is 5.81. The number of aliphatic carboxylic acids is 1. The van der Waals surface area contributed by atoms with Gasteiger partial charge in [0.1, 0.15) is 6.10 Å². The number of carbonyl (C=O) groups is 2. The minimum absolute atomic E-state index is 0.0382. The Bertz CT molecular complexity index is 759. The van der Waals surface area contributed by atoms with Gasteiger partial charge in [0.15, 0.2) is 0 Å². The van der Waals surface area contributed by atoms with Crippen LogP contribution >= 0.6 is 0 Å². The van der Waals surface area contributed by atoms with Crippen LogP contribution in [-0.4, -0.2) is 23.1 Å². The molecule has 0 aromatic carbocycles. The van der Waals surface area contributed by atoms with E-state index in [-0.39, 0.29) is 12.1 Å². The summed E-state index contributed by atoms with van der Waals surface area (Å²) in [6.07, 6.45) is 45.8. The molecule has 0 saturated carbocycles. The monoisotopic (exact) mass is 584 g/mol. The number of carbonyl (C=O) groups excluding carboxylic acids is 1. The quantitative estimate of drug-likeness (QED) is 0.0518. The summed E-state index contributed by atoms with van der Waals surface area (Å²) in [5.41, 5.74) is 0. The fourth-order valence-electron chi connectivity index (χ4n) is 4.80. The van der Waals surface area contributed by atoms with E-state index in [1.165, 1.54) is 44.9 Å². The van der Waals surface area contributed by atoms with Gasteiger partial charge in [-0.1, -0.05) is 139 Å². The maximum Gasteiger partial charge on any atom is 0.306 e. The molecule has 4 nitrogen and oxygen atoms in total. The lowest BCUT2D eigenvalue weighted by atomic mass is 10.0. The zero-order chi connectivity index (χ0) is 30.8. The van der Waals surface area contributed by atoms with Crippen LogP contribution in [0.15, 0.2) is 60.8 Å². The number of hydrogen-bond acceptors (Lipinski definition) is 3. The highest BCUT2D eigenvalue weighted by molar-refractivity contribution is 5.69. The number of ether oxygens (including phenoxy) is 1. The van der Waals surface area contributed by atoms with Crippen LogP contribution in [0.4, 0.5) is 0 Å². The van der Waals surface area contributed by atoms with Crippen molar-refractivity contribution >= 4 is 11.9 Å². The molecule has 240 valence electrons. The third kappa shape index (κ3) is 32.2. The van der Waals surface area contributed by atoms with Crippen LogP contribution in [0.3, 0.4) is 0 Å². The van der Waals surface area contributed by atoms with Crippen LogP contribution in [0, 0.1) is 0 Å². The SMILES string of the molecule is CC/C=C\C/C=C\C/C=C\C/C=C\C/C=C\CCCC(=O)OC(CCC)CCCCCCCCCCCCCC(=O)O. The van der Waals surface area contributed by atoms with E-state index in [0.29, 0.717) is 12.8 Å². The van der Waals surface area contributed by atoms with E-state index in [4.69, 9.17) is 9.84 Å². The Morgan fingerprint density at radius 3 is 1.48 bits per heavy atom. The fourth-order valence-corrected chi connectivity index (χ4v) is 4.80. The van der Waals surface area contributed by atoms with Crippen molar-refractivity contribution in [1.82, 2.24) is 0 Å². The molecule has 0 aliphatic heterocycles. The summed E-state index contributed by atoms with van der Waals surface area (Å²) in [6.45, 7) is 4.32. The lowest BCUT2D eigenvalue weighted by Crippen LogP contribution is -2.18. The number of carboxylic acid groups (broad SMARTS) is 1. The van der Waals surface area contributed by atoms with E-state index in [2.05, 4.69) is 74.6 Å². The highest BCUT2D eigenvalue weighted by Gasteiger charge is 2.13. The zero-order valence-electron chi connectivity index (χ0n) is 27.3. The number of rotatable bonds is 30. The minimum atomic E-state index is -0.678. The van der Waals surface area contributed by atoms with Crippen molar-refractivity contribution < 1.29 is 19.4 Å². The third-order valence-corrected chi connectivity index (χ3v) is 7.23. The molecule has 0 radical (unpaired) electrons. The first-order valence-corrected chi connectivity index (χ1v) is 17.3. The summed E-state index contributed by atoms with van der Waals surface area (Å²) in [5.74, 6) is -0.717. The van der Waals surface area contributed by atoms with Gasteiger partial charge >= 0.3 is 11.9 Å². The lowest BCUT2D eigenvalue weighted by molar-refractivity contribution is -0.150. The first-order valence-electron chi connectivity index (χ1n) is 17.3. The standard InChI is InChI=1S/C38H64O4/c1-3-5-6-7-8-9-10-11-12-13-14-15-19-22-25-28-31-35-38(41)42-36(32-4-2)33-29-26-23-20-17-16-18-21-24-27-30-34-37(39)40/h5-6,8-9,11-12,14-15,22,25,36H,3-4,7,10,13,16-21,23-24,26-35H2,1-2H3,(H,39,40)/b6-5-,9-8-,12-11-,15-14-,25-22-. The van der Waals surface area contributed by atoms with Gasteiger partial charge < -0.3 is 9.84 Å². The van der Waals surface area contributed by atoms with E-state index in [1.54, 1.807) is 0 Å². The molecule has 0 rings (SSSR count). The number of esters is 1. The van der Waals surface area contributed by atoms with Gasteiger partial charge in [0.2, 0.25) is 0 Å². The van der Waals surface area contributed by atoms with Crippen molar-refractivity contribution in [2.45, 2.75) is 168 Å². The van der Waals surface area contributed by atoms with Gasteiger partial charge in [0, 0.05) is 12.8 Å². The molecular weight excluding hydrogens is 520 g/mol.